The van der Waals surface area contributed by atoms with E-state index in [1.807, 2.05) is 0 Å². The standard InChI is InChI=1S/C66H82N4/c1-15-17-19-21-23-25-27-53-41-56(34-36-62-69-47-52(48-70-62)32-30-50-39-59(65(9,10)11)44-60(40-50)66(12,13)14)54(28-26-24-22-20-18-16-2)42-55(53)33-35-61-67-45-51(46-68-61)31-29-49-37-57(63(3,4)5)43-58(38-49)64(6,7)8/h37-48H,15-28H2,1-14H3. The van der Waals surface area contributed by atoms with Crippen molar-refractivity contribution in [3.05, 3.63) is 152 Å². The molecule has 5 rings (SSSR count). The Balaban J connectivity index is 1.45. The smallest absolute Gasteiger partial charge is 0.205 e. The number of aromatic nitrogens is 4. The average Bonchev–Trinajstić information content (AvgIpc) is 3.31. The number of unbranched alkanes of at least 4 members (excludes halogenated alkanes) is 10. The molecule has 4 nitrogen and oxygen atoms in total. The minimum absolute atomic E-state index is 0.0230. The molecule has 2 heterocycles. The van der Waals surface area contributed by atoms with Gasteiger partial charge in [0, 0.05) is 47.0 Å². The quantitative estimate of drug-likeness (QED) is 0.0822. The number of hydrogen-bond acceptors (Lipinski definition) is 4. The normalized spacial score (nSPS) is 11.6. The molecule has 0 aliphatic heterocycles. The molecule has 0 amide bonds. The van der Waals surface area contributed by atoms with Crippen LogP contribution in [0, 0.1) is 47.4 Å². The van der Waals surface area contributed by atoms with Gasteiger partial charge in [0.1, 0.15) is 0 Å². The van der Waals surface area contributed by atoms with Crippen LogP contribution < -0.4 is 0 Å². The summed E-state index contributed by atoms with van der Waals surface area (Å²) < 4.78 is 0. The predicted molar refractivity (Wildman–Crippen MR) is 296 cm³/mol. The van der Waals surface area contributed by atoms with Gasteiger partial charge in [0.2, 0.25) is 11.6 Å². The molecule has 366 valence electrons. The first kappa shape index (κ1) is 55.0. The summed E-state index contributed by atoms with van der Waals surface area (Å²) in [5.41, 5.74) is 13.2. The zero-order valence-corrected chi connectivity index (χ0v) is 45.6. The summed E-state index contributed by atoms with van der Waals surface area (Å²) in [6.07, 6.45) is 23.7. The minimum atomic E-state index is 0.0230. The van der Waals surface area contributed by atoms with Crippen molar-refractivity contribution in [2.75, 3.05) is 0 Å². The lowest BCUT2D eigenvalue weighted by Crippen LogP contribution is -2.16. The average molecular weight is 931 g/mol. The van der Waals surface area contributed by atoms with Gasteiger partial charge >= 0.3 is 0 Å². The maximum Gasteiger partial charge on any atom is 0.205 e. The van der Waals surface area contributed by atoms with Crippen molar-refractivity contribution in [2.45, 2.75) is 208 Å². The van der Waals surface area contributed by atoms with Crippen LogP contribution >= 0.6 is 0 Å². The summed E-state index contributed by atoms with van der Waals surface area (Å²) in [6.45, 7) is 31.5. The van der Waals surface area contributed by atoms with Gasteiger partial charge < -0.3 is 0 Å². The zero-order valence-electron chi connectivity index (χ0n) is 45.6. The molecule has 2 aromatic heterocycles. The topological polar surface area (TPSA) is 51.6 Å². The van der Waals surface area contributed by atoms with E-state index >= 15 is 0 Å². The summed E-state index contributed by atoms with van der Waals surface area (Å²) in [6, 6.07) is 18.0. The third-order valence-electron chi connectivity index (χ3n) is 12.9. The second kappa shape index (κ2) is 25.3. The molecule has 0 aliphatic carbocycles. The van der Waals surface area contributed by atoms with Crippen molar-refractivity contribution in [1.82, 2.24) is 19.9 Å². The lowest BCUT2D eigenvalue weighted by atomic mass is 9.79. The molecule has 5 aromatic rings. The van der Waals surface area contributed by atoms with E-state index in [2.05, 4.69) is 213 Å². The fraction of sp³-hybridized carbons (Fsp3) is 0.485. The van der Waals surface area contributed by atoms with Gasteiger partial charge in [0.15, 0.2) is 0 Å². The molecule has 0 aliphatic rings. The SMILES string of the molecule is CCCCCCCCc1cc(C#Cc2ncc(C#Cc3cc(C(C)(C)C)cc(C(C)(C)C)c3)cn2)c(CCCCCCCC)cc1C#Cc1ncc(C#Cc2cc(C(C)(C)C)cc(C(C)(C)C)c2)cn1. The van der Waals surface area contributed by atoms with E-state index in [0.717, 1.165) is 59.1 Å². The molecular formula is C66H82N4. The van der Waals surface area contributed by atoms with Gasteiger partial charge in [0.05, 0.1) is 11.1 Å². The van der Waals surface area contributed by atoms with Crippen LogP contribution in [0.2, 0.25) is 0 Å². The molecule has 0 fully saturated rings. The Labute approximate surface area is 425 Å². The van der Waals surface area contributed by atoms with Gasteiger partial charge in [-0.3, -0.25) is 0 Å². The molecular weight excluding hydrogens is 849 g/mol. The number of hydrogen-bond donors (Lipinski definition) is 0. The first-order valence-electron chi connectivity index (χ1n) is 26.3. The van der Waals surface area contributed by atoms with Gasteiger partial charge in [-0.25, -0.2) is 19.9 Å². The molecule has 0 atom stereocenters. The van der Waals surface area contributed by atoms with E-state index in [4.69, 9.17) is 0 Å². The van der Waals surface area contributed by atoms with Gasteiger partial charge in [-0.2, -0.15) is 0 Å². The van der Waals surface area contributed by atoms with Crippen LogP contribution in [0.3, 0.4) is 0 Å². The van der Waals surface area contributed by atoms with Crippen LogP contribution in [0.4, 0.5) is 0 Å². The Morgan fingerprint density at radius 1 is 0.314 bits per heavy atom. The monoisotopic (exact) mass is 931 g/mol. The van der Waals surface area contributed by atoms with Crippen molar-refractivity contribution in [3.63, 3.8) is 0 Å². The molecule has 0 saturated heterocycles. The molecule has 0 unspecified atom stereocenters. The van der Waals surface area contributed by atoms with Crippen LogP contribution in [0.25, 0.3) is 0 Å². The Kier molecular flexibility index (Phi) is 19.8. The fourth-order valence-corrected chi connectivity index (χ4v) is 8.11. The fourth-order valence-electron chi connectivity index (χ4n) is 8.11. The Hall–Kier alpha value is -5.94. The number of aryl methyl sites for hydroxylation is 2. The van der Waals surface area contributed by atoms with Crippen LogP contribution in [-0.4, -0.2) is 19.9 Å². The van der Waals surface area contributed by atoms with Gasteiger partial charge in [-0.05, 0) is 129 Å². The van der Waals surface area contributed by atoms with Crippen molar-refractivity contribution in [2.24, 2.45) is 0 Å². The molecule has 0 spiro atoms. The molecule has 0 N–H and O–H groups in total. The highest BCUT2D eigenvalue weighted by Gasteiger charge is 2.22. The molecule has 0 saturated carbocycles. The van der Waals surface area contributed by atoms with Gasteiger partial charge in [-0.15, -0.1) is 0 Å². The number of benzene rings is 3. The molecule has 70 heavy (non-hydrogen) atoms. The van der Waals surface area contributed by atoms with Crippen LogP contribution in [0.1, 0.15) is 252 Å². The molecule has 3 aromatic carbocycles. The van der Waals surface area contributed by atoms with E-state index < -0.39 is 0 Å². The van der Waals surface area contributed by atoms with Crippen molar-refractivity contribution < 1.29 is 0 Å². The lowest BCUT2D eigenvalue weighted by molar-refractivity contribution is 0.567. The van der Waals surface area contributed by atoms with Gasteiger partial charge in [0.25, 0.3) is 0 Å². The number of nitrogens with zero attached hydrogens (tertiary/aromatic N) is 4. The van der Waals surface area contributed by atoms with Gasteiger partial charge in [-0.1, -0.05) is 209 Å². The first-order valence-corrected chi connectivity index (χ1v) is 26.3. The highest BCUT2D eigenvalue weighted by atomic mass is 14.9. The minimum Gasteiger partial charge on any atom is -0.228 e. The third kappa shape index (κ3) is 17.8. The van der Waals surface area contributed by atoms with E-state index in [-0.39, 0.29) is 21.7 Å². The second-order valence-electron chi connectivity index (χ2n) is 23.4. The number of rotatable bonds is 14. The largest absolute Gasteiger partial charge is 0.228 e. The Bertz CT molecular complexity index is 2510. The Morgan fingerprint density at radius 3 is 0.900 bits per heavy atom. The van der Waals surface area contributed by atoms with Crippen molar-refractivity contribution in [3.8, 4) is 47.4 Å². The predicted octanol–water partition coefficient (Wildman–Crippen LogP) is 15.9. The summed E-state index contributed by atoms with van der Waals surface area (Å²) in [5.74, 6) is 28.1. The molecule has 0 radical (unpaired) electrons. The third-order valence-corrected chi connectivity index (χ3v) is 12.9. The summed E-state index contributed by atoms with van der Waals surface area (Å²) in [4.78, 5) is 18.7. The summed E-state index contributed by atoms with van der Waals surface area (Å²) in [5, 5.41) is 0. The lowest BCUT2D eigenvalue weighted by Gasteiger charge is -2.25. The molecule has 0 bridgehead atoms. The first-order chi connectivity index (χ1) is 33.1. The highest BCUT2D eigenvalue weighted by Crippen LogP contribution is 2.32. The van der Waals surface area contributed by atoms with E-state index in [1.54, 1.807) is 24.8 Å². The molecule has 4 heteroatoms. The van der Waals surface area contributed by atoms with Crippen molar-refractivity contribution in [1.29, 1.82) is 0 Å². The van der Waals surface area contributed by atoms with Crippen LogP contribution in [0.5, 0.6) is 0 Å². The summed E-state index contributed by atoms with van der Waals surface area (Å²) in [7, 11) is 0. The van der Waals surface area contributed by atoms with Crippen LogP contribution in [-0.2, 0) is 34.5 Å². The Morgan fingerprint density at radius 2 is 0.600 bits per heavy atom. The van der Waals surface area contributed by atoms with Crippen molar-refractivity contribution >= 4 is 0 Å². The van der Waals surface area contributed by atoms with Crippen LogP contribution in [0.15, 0.2) is 73.3 Å². The van der Waals surface area contributed by atoms with E-state index in [0.29, 0.717) is 11.6 Å². The second-order valence-corrected chi connectivity index (χ2v) is 23.4. The maximum atomic E-state index is 4.67. The van der Waals surface area contributed by atoms with E-state index in [1.165, 1.54) is 97.6 Å². The zero-order chi connectivity index (χ0) is 51.0. The maximum absolute atomic E-state index is 4.67. The highest BCUT2D eigenvalue weighted by molar-refractivity contribution is 5.55. The summed E-state index contributed by atoms with van der Waals surface area (Å²) >= 11 is 0. The van der Waals surface area contributed by atoms with E-state index in [9.17, 15) is 0 Å².